The molecule has 0 unspecified atom stereocenters. The molecule has 0 aliphatic heterocycles. The smallest absolute Gasteiger partial charge is 0.433 e. The molecule has 2 heterocycles. The van der Waals surface area contributed by atoms with E-state index in [1.807, 2.05) is 0 Å². The van der Waals surface area contributed by atoms with Gasteiger partial charge in [-0.15, -0.1) is 11.3 Å². The van der Waals surface area contributed by atoms with Gasteiger partial charge in [0.25, 0.3) is 5.91 Å². The third kappa shape index (κ3) is 5.17. The number of halogens is 3. The van der Waals surface area contributed by atoms with Crippen molar-refractivity contribution in [2.24, 2.45) is 0 Å². The first-order valence-corrected chi connectivity index (χ1v) is 8.99. The number of alkyl halides is 3. The number of carbonyl (C=O) groups excluding carboxylic acids is 1. The Balaban J connectivity index is 1.93. The summed E-state index contributed by atoms with van der Waals surface area (Å²) in [6, 6.07) is 2.26. The minimum Gasteiger partial charge on any atom is -0.481 e. The molecular formula is C17H19F3N2O3S. The summed E-state index contributed by atoms with van der Waals surface area (Å²) in [7, 11) is 0. The number of aromatic nitrogens is 1. The van der Waals surface area contributed by atoms with Crippen LogP contribution in [0.3, 0.4) is 0 Å². The monoisotopic (exact) mass is 388 g/mol. The van der Waals surface area contributed by atoms with E-state index in [1.54, 1.807) is 6.92 Å². The van der Waals surface area contributed by atoms with Gasteiger partial charge < -0.3 is 10.4 Å². The van der Waals surface area contributed by atoms with Gasteiger partial charge in [0.05, 0.1) is 4.88 Å². The Hall–Kier alpha value is -2.16. The SMILES string of the molecule is Cc1c(C(=O)NCCCCCCC(=O)O)sc2nc(C(F)(F)F)ccc12. The van der Waals surface area contributed by atoms with Gasteiger partial charge >= 0.3 is 12.1 Å². The number of rotatable bonds is 8. The van der Waals surface area contributed by atoms with Crippen molar-refractivity contribution in [2.75, 3.05) is 6.54 Å². The zero-order chi connectivity index (χ0) is 19.3. The number of aryl methyl sites for hydroxylation is 1. The number of unbranched alkanes of at least 4 members (excludes halogenated alkanes) is 3. The summed E-state index contributed by atoms with van der Waals surface area (Å²) in [5.41, 5.74) is -0.357. The fraction of sp³-hybridized carbons (Fsp3) is 0.471. The molecule has 0 spiro atoms. The highest BCUT2D eigenvalue weighted by Crippen LogP contribution is 2.34. The number of hydrogen-bond donors (Lipinski definition) is 2. The van der Waals surface area contributed by atoms with Gasteiger partial charge in [0.2, 0.25) is 0 Å². The van der Waals surface area contributed by atoms with Crippen molar-refractivity contribution in [2.45, 2.75) is 45.2 Å². The van der Waals surface area contributed by atoms with Crippen LogP contribution in [0.5, 0.6) is 0 Å². The largest absolute Gasteiger partial charge is 0.481 e. The van der Waals surface area contributed by atoms with E-state index in [0.717, 1.165) is 30.2 Å². The Labute approximate surface area is 152 Å². The molecule has 0 radical (unpaired) electrons. The summed E-state index contributed by atoms with van der Waals surface area (Å²) in [6.45, 7) is 2.12. The van der Waals surface area contributed by atoms with Crippen molar-refractivity contribution < 1.29 is 27.9 Å². The number of thiophene rings is 1. The van der Waals surface area contributed by atoms with E-state index in [4.69, 9.17) is 5.11 Å². The summed E-state index contributed by atoms with van der Waals surface area (Å²) >= 11 is 0.949. The van der Waals surface area contributed by atoms with Crippen LogP contribution in [0, 0.1) is 6.92 Å². The van der Waals surface area contributed by atoms with Gasteiger partial charge in [-0.3, -0.25) is 9.59 Å². The maximum Gasteiger partial charge on any atom is 0.433 e. The molecule has 0 aliphatic carbocycles. The molecule has 9 heteroatoms. The van der Waals surface area contributed by atoms with Gasteiger partial charge in [-0.25, -0.2) is 4.98 Å². The van der Waals surface area contributed by atoms with Crippen LogP contribution >= 0.6 is 11.3 Å². The first-order valence-electron chi connectivity index (χ1n) is 8.17. The summed E-state index contributed by atoms with van der Waals surface area (Å²) in [5.74, 6) is -1.15. The number of nitrogens with zero attached hydrogens (tertiary/aromatic N) is 1. The summed E-state index contributed by atoms with van der Waals surface area (Å²) < 4.78 is 38.3. The van der Waals surface area contributed by atoms with Crippen LogP contribution in [-0.4, -0.2) is 28.5 Å². The van der Waals surface area contributed by atoms with Crippen LogP contribution in [0.25, 0.3) is 10.2 Å². The lowest BCUT2D eigenvalue weighted by atomic mass is 10.1. The predicted molar refractivity (Wildman–Crippen MR) is 92.4 cm³/mol. The van der Waals surface area contributed by atoms with Gasteiger partial charge in [0, 0.05) is 18.4 Å². The minimum absolute atomic E-state index is 0.139. The standard InChI is InChI=1S/C17H19F3N2O3S/c1-10-11-7-8-12(17(18,19)20)22-16(11)26-14(10)15(25)21-9-5-3-2-4-6-13(23)24/h7-8H,2-6,9H2,1H3,(H,21,25)(H,23,24). The van der Waals surface area contributed by atoms with E-state index < -0.39 is 17.8 Å². The van der Waals surface area contributed by atoms with Crippen LogP contribution in [0.1, 0.15) is 53.0 Å². The first-order chi connectivity index (χ1) is 12.2. The van der Waals surface area contributed by atoms with E-state index in [-0.39, 0.29) is 17.2 Å². The lowest BCUT2D eigenvalue weighted by Crippen LogP contribution is -2.24. The van der Waals surface area contributed by atoms with Crippen LogP contribution in [-0.2, 0) is 11.0 Å². The number of nitrogens with one attached hydrogen (secondary N) is 1. The third-order valence-electron chi connectivity index (χ3n) is 3.90. The van der Waals surface area contributed by atoms with Gasteiger partial charge in [-0.1, -0.05) is 12.8 Å². The zero-order valence-corrected chi connectivity index (χ0v) is 15.0. The number of carbonyl (C=O) groups is 2. The Bertz CT molecular complexity index is 802. The quantitative estimate of drug-likeness (QED) is 0.658. The highest BCUT2D eigenvalue weighted by atomic mass is 32.1. The molecule has 5 nitrogen and oxygen atoms in total. The number of carboxylic acids is 1. The van der Waals surface area contributed by atoms with Gasteiger partial charge in [-0.2, -0.15) is 13.2 Å². The van der Waals surface area contributed by atoms with Crippen molar-refractivity contribution in [1.82, 2.24) is 10.3 Å². The van der Waals surface area contributed by atoms with Gasteiger partial charge in [0.1, 0.15) is 10.5 Å². The third-order valence-corrected chi connectivity index (χ3v) is 5.10. The fourth-order valence-corrected chi connectivity index (χ4v) is 3.61. The molecule has 142 valence electrons. The first kappa shape index (κ1) is 20.2. The maximum absolute atomic E-state index is 12.8. The molecule has 0 fully saturated rings. The van der Waals surface area contributed by atoms with Gasteiger partial charge in [0.15, 0.2) is 0 Å². The number of aliphatic carboxylic acids is 1. The lowest BCUT2D eigenvalue weighted by molar-refractivity contribution is -0.141. The summed E-state index contributed by atoms with van der Waals surface area (Å²) in [4.78, 5) is 26.8. The number of fused-ring (bicyclic) bond motifs is 1. The molecule has 2 aromatic heterocycles. The topological polar surface area (TPSA) is 79.3 Å². The molecule has 0 aliphatic rings. The Morgan fingerprint density at radius 2 is 1.88 bits per heavy atom. The van der Waals surface area contributed by atoms with E-state index in [0.29, 0.717) is 35.2 Å². The van der Waals surface area contributed by atoms with E-state index in [1.165, 1.54) is 6.07 Å². The molecule has 0 aromatic carbocycles. The average Bonchev–Trinajstić information content (AvgIpc) is 2.89. The fourth-order valence-electron chi connectivity index (χ4n) is 2.51. The van der Waals surface area contributed by atoms with E-state index in [9.17, 15) is 22.8 Å². The molecule has 26 heavy (non-hydrogen) atoms. The van der Waals surface area contributed by atoms with Crippen LogP contribution in [0.15, 0.2) is 12.1 Å². The lowest BCUT2D eigenvalue weighted by Gasteiger charge is -2.04. The van der Waals surface area contributed by atoms with Crippen molar-refractivity contribution in [3.63, 3.8) is 0 Å². The second-order valence-corrected chi connectivity index (χ2v) is 6.92. The normalized spacial score (nSPS) is 11.7. The molecule has 2 aromatic rings. The second kappa shape index (κ2) is 8.48. The summed E-state index contributed by atoms with van der Waals surface area (Å²) in [6.07, 6.45) is -1.49. The highest BCUT2D eigenvalue weighted by molar-refractivity contribution is 7.20. The predicted octanol–water partition coefficient (Wildman–Crippen LogP) is 4.39. The number of hydrogen-bond acceptors (Lipinski definition) is 4. The van der Waals surface area contributed by atoms with Crippen LogP contribution in [0.2, 0.25) is 0 Å². The molecule has 0 saturated carbocycles. The molecule has 1 amide bonds. The van der Waals surface area contributed by atoms with Crippen molar-refractivity contribution >= 4 is 33.4 Å². The molecule has 0 bridgehead atoms. The molecule has 2 N–H and O–H groups in total. The number of amides is 1. The highest BCUT2D eigenvalue weighted by Gasteiger charge is 2.33. The van der Waals surface area contributed by atoms with Crippen LogP contribution in [0.4, 0.5) is 13.2 Å². The Morgan fingerprint density at radius 1 is 1.19 bits per heavy atom. The Morgan fingerprint density at radius 3 is 2.54 bits per heavy atom. The number of pyridine rings is 1. The molecule has 0 saturated heterocycles. The van der Waals surface area contributed by atoms with Crippen LogP contribution < -0.4 is 5.32 Å². The second-order valence-electron chi connectivity index (χ2n) is 5.92. The molecular weight excluding hydrogens is 369 g/mol. The Kier molecular flexibility index (Phi) is 6.57. The zero-order valence-electron chi connectivity index (χ0n) is 14.2. The molecule has 2 rings (SSSR count). The van der Waals surface area contributed by atoms with Crippen molar-refractivity contribution in [3.05, 3.63) is 28.3 Å². The molecule has 0 atom stereocenters. The minimum atomic E-state index is -4.52. The number of carboxylic acid groups (broad SMARTS) is 1. The van der Waals surface area contributed by atoms with E-state index >= 15 is 0 Å². The van der Waals surface area contributed by atoms with Crippen molar-refractivity contribution in [1.29, 1.82) is 0 Å². The average molecular weight is 388 g/mol. The summed E-state index contributed by atoms with van der Waals surface area (Å²) in [5, 5.41) is 11.8. The van der Waals surface area contributed by atoms with Gasteiger partial charge in [-0.05, 0) is 37.5 Å². The van der Waals surface area contributed by atoms with Crippen molar-refractivity contribution in [3.8, 4) is 0 Å². The maximum atomic E-state index is 12.8. The van der Waals surface area contributed by atoms with E-state index in [2.05, 4.69) is 10.3 Å².